The number of nitrogens with one attached hydrogen (secondary N) is 2. The van der Waals surface area contributed by atoms with Gasteiger partial charge in [-0.1, -0.05) is 38.1 Å². The molecule has 1 atom stereocenters. The van der Waals surface area contributed by atoms with E-state index in [4.69, 9.17) is 0 Å². The minimum absolute atomic E-state index is 0. The Hall–Kier alpha value is -0.810. The summed E-state index contributed by atoms with van der Waals surface area (Å²) in [5, 5.41) is 6.45. The molecule has 1 saturated heterocycles. The van der Waals surface area contributed by atoms with Crippen molar-refractivity contribution in [3.63, 3.8) is 0 Å². The summed E-state index contributed by atoms with van der Waals surface area (Å²) in [7, 11) is 0. The van der Waals surface area contributed by atoms with E-state index in [1.807, 2.05) is 6.07 Å². The maximum Gasteiger partial charge on any atom is 0.221 e. The highest BCUT2D eigenvalue weighted by Gasteiger charge is 2.17. The molecule has 1 fully saturated rings. The molecule has 0 radical (unpaired) electrons. The lowest BCUT2D eigenvalue weighted by Crippen LogP contribution is -2.32. The Kier molecular flexibility index (Phi) is 12.1. The van der Waals surface area contributed by atoms with Crippen LogP contribution in [-0.2, 0) is 17.9 Å². The van der Waals surface area contributed by atoms with Crippen molar-refractivity contribution < 1.29 is 4.79 Å². The molecule has 138 valence electrons. The molecule has 6 heteroatoms. The normalized spacial score (nSPS) is 16.4. The second kappa shape index (κ2) is 12.5. The van der Waals surface area contributed by atoms with Gasteiger partial charge in [0.15, 0.2) is 0 Å². The van der Waals surface area contributed by atoms with Gasteiger partial charge in [-0.3, -0.25) is 9.69 Å². The second-order valence-corrected chi connectivity index (χ2v) is 6.00. The van der Waals surface area contributed by atoms with Crippen LogP contribution in [0, 0.1) is 0 Å². The molecule has 0 aliphatic carbocycles. The van der Waals surface area contributed by atoms with Crippen LogP contribution in [0.2, 0.25) is 0 Å². The molecule has 1 unspecified atom stereocenters. The van der Waals surface area contributed by atoms with Gasteiger partial charge in [0.2, 0.25) is 5.91 Å². The number of nitrogens with zero attached hydrogens (tertiary/aromatic N) is 1. The molecule has 0 saturated carbocycles. The summed E-state index contributed by atoms with van der Waals surface area (Å²) in [5.74, 6) is 0.150. The Morgan fingerprint density at radius 1 is 1.21 bits per heavy atom. The van der Waals surface area contributed by atoms with Gasteiger partial charge < -0.3 is 10.6 Å². The largest absolute Gasteiger partial charge is 0.352 e. The molecule has 1 aromatic carbocycles. The molecule has 1 aliphatic heterocycles. The highest BCUT2D eigenvalue weighted by Crippen LogP contribution is 2.12. The number of carbonyl (C=O) groups excluding carboxylic acids is 1. The molecule has 2 rings (SSSR count). The van der Waals surface area contributed by atoms with Crippen LogP contribution < -0.4 is 10.6 Å². The first-order valence-electron chi connectivity index (χ1n) is 8.52. The van der Waals surface area contributed by atoms with E-state index in [1.165, 1.54) is 17.5 Å². The van der Waals surface area contributed by atoms with Crippen molar-refractivity contribution in [1.82, 2.24) is 15.5 Å². The van der Waals surface area contributed by atoms with Gasteiger partial charge in [-0.05, 0) is 43.6 Å². The van der Waals surface area contributed by atoms with Crippen LogP contribution in [0.3, 0.4) is 0 Å². The maximum atomic E-state index is 12.1. The predicted molar refractivity (Wildman–Crippen MR) is 105 cm³/mol. The van der Waals surface area contributed by atoms with E-state index in [0.717, 1.165) is 32.6 Å². The monoisotopic (exact) mass is 375 g/mol. The molecule has 0 spiro atoms. The molecule has 2 N–H and O–H groups in total. The van der Waals surface area contributed by atoms with Gasteiger partial charge in [0.05, 0.1) is 0 Å². The minimum Gasteiger partial charge on any atom is -0.352 e. The van der Waals surface area contributed by atoms with E-state index < -0.39 is 0 Å². The summed E-state index contributed by atoms with van der Waals surface area (Å²) in [4.78, 5) is 14.4. The summed E-state index contributed by atoms with van der Waals surface area (Å²) in [6.45, 7) is 9.08. The molecule has 0 bridgehead atoms. The first-order valence-corrected chi connectivity index (χ1v) is 8.52. The average molecular weight is 376 g/mol. The fraction of sp³-hybridized carbons (Fsp3) is 0.611. The molecule has 1 aromatic rings. The third-order valence-corrected chi connectivity index (χ3v) is 4.48. The van der Waals surface area contributed by atoms with Crippen molar-refractivity contribution in [3.8, 4) is 0 Å². The predicted octanol–water partition coefficient (Wildman–Crippen LogP) is 3.13. The zero-order chi connectivity index (χ0) is 15.8. The van der Waals surface area contributed by atoms with Crippen LogP contribution in [0.5, 0.6) is 0 Å². The quantitative estimate of drug-likeness (QED) is 0.733. The van der Waals surface area contributed by atoms with Crippen LogP contribution in [0.1, 0.15) is 44.2 Å². The Balaban J connectivity index is 0.00000264. The van der Waals surface area contributed by atoms with E-state index in [1.54, 1.807) is 0 Å². The summed E-state index contributed by atoms with van der Waals surface area (Å²) < 4.78 is 0. The molecule has 24 heavy (non-hydrogen) atoms. The number of carbonyl (C=O) groups is 1. The van der Waals surface area contributed by atoms with Crippen molar-refractivity contribution in [2.75, 3.05) is 19.6 Å². The molecule has 0 aromatic heterocycles. The highest BCUT2D eigenvalue weighted by atomic mass is 35.5. The number of rotatable bonds is 8. The second-order valence-electron chi connectivity index (χ2n) is 6.00. The third-order valence-electron chi connectivity index (χ3n) is 4.48. The zero-order valence-electron chi connectivity index (χ0n) is 14.7. The van der Waals surface area contributed by atoms with Crippen molar-refractivity contribution in [2.45, 2.75) is 52.2 Å². The van der Waals surface area contributed by atoms with Crippen molar-refractivity contribution in [1.29, 1.82) is 0 Å². The molecule has 4 nitrogen and oxygen atoms in total. The Morgan fingerprint density at radius 2 is 1.88 bits per heavy atom. The zero-order valence-corrected chi connectivity index (χ0v) is 16.3. The van der Waals surface area contributed by atoms with Gasteiger partial charge in [-0.25, -0.2) is 0 Å². The van der Waals surface area contributed by atoms with E-state index in [0.29, 0.717) is 19.0 Å². The van der Waals surface area contributed by atoms with Crippen LogP contribution in [0.25, 0.3) is 0 Å². The maximum absolute atomic E-state index is 12.1. The standard InChI is InChI=1S/C18H29N3O.2ClH/c1-3-21(4-2)14-16-9-6-5-8-15(16)13-20-18(22)12-17-10-7-11-19-17;;/h5-6,8-9,17,19H,3-4,7,10-14H2,1-2H3,(H,20,22);2*1H. The molecular weight excluding hydrogens is 345 g/mol. The van der Waals surface area contributed by atoms with Gasteiger partial charge in [-0.2, -0.15) is 0 Å². The lowest BCUT2D eigenvalue weighted by molar-refractivity contribution is -0.121. The molecule has 1 amide bonds. The van der Waals surface area contributed by atoms with E-state index in [2.05, 4.69) is 47.6 Å². The lowest BCUT2D eigenvalue weighted by Gasteiger charge is -2.20. The van der Waals surface area contributed by atoms with Gasteiger partial charge >= 0.3 is 0 Å². The smallest absolute Gasteiger partial charge is 0.221 e. The minimum atomic E-state index is 0. The van der Waals surface area contributed by atoms with Crippen LogP contribution in [0.4, 0.5) is 0 Å². The Bertz CT molecular complexity index is 475. The van der Waals surface area contributed by atoms with E-state index in [9.17, 15) is 4.79 Å². The SMILES string of the molecule is CCN(CC)Cc1ccccc1CNC(=O)CC1CCCN1.Cl.Cl. The first kappa shape index (κ1) is 23.2. The van der Waals surface area contributed by atoms with Gasteiger partial charge in [-0.15, -0.1) is 24.8 Å². The summed E-state index contributed by atoms with van der Waals surface area (Å²) in [6.07, 6.45) is 2.90. The van der Waals surface area contributed by atoms with E-state index in [-0.39, 0.29) is 30.7 Å². The highest BCUT2D eigenvalue weighted by molar-refractivity contribution is 5.85. The number of halogens is 2. The fourth-order valence-electron chi connectivity index (χ4n) is 2.99. The number of amides is 1. The Labute approximate surface area is 158 Å². The van der Waals surface area contributed by atoms with Crippen LogP contribution in [-0.4, -0.2) is 36.5 Å². The summed E-state index contributed by atoms with van der Waals surface area (Å²) in [5.41, 5.74) is 2.53. The number of hydrogen-bond acceptors (Lipinski definition) is 3. The number of benzene rings is 1. The Morgan fingerprint density at radius 3 is 2.46 bits per heavy atom. The van der Waals surface area contributed by atoms with Gasteiger partial charge in [0.1, 0.15) is 0 Å². The third kappa shape index (κ3) is 7.39. The summed E-state index contributed by atoms with van der Waals surface area (Å²) >= 11 is 0. The molecule has 1 aliphatic rings. The van der Waals surface area contributed by atoms with Gasteiger partial charge in [0.25, 0.3) is 0 Å². The molecule has 1 heterocycles. The van der Waals surface area contributed by atoms with Crippen molar-refractivity contribution >= 4 is 30.7 Å². The van der Waals surface area contributed by atoms with Crippen LogP contribution >= 0.6 is 24.8 Å². The molecular formula is C18H31Cl2N3O. The first-order chi connectivity index (χ1) is 10.7. The van der Waals surface area contributed by atoms with Crippen molar-refractivity contribution in [2.24, 2.45) is 0 Å². The summed E-state index contributed by atoms with van der Waals surface area (Å²) in [6, 6.07) is 8.77. The van der Waals surface area contributed by atoms with Crippen LogP contribution in [0.15, 0.2) is 24.3 Å². The average Bonchev–Trinajstić information content (AvgIpc) is 3.04. The number of hydrogen-bond donors (Lipinski definition) is 2. The topological polar surface area (TPSA) is 44.4 Å². The van der Waals surface area contributed by atoms with E-state index >= 15 is 0 Å². The van der Waals surface area contributed by atoms with Gasteiger partial charge in [0, 0.05) is 25.6 Å². The van der Waals surface area contributed by atoms with Crippen molar-refractivity contribution in [3.05, 3.63) is 35.4 Å². The lowest BCUT2D eigenvalue weighted by atomic mass is 10.1. The fourth-order valence-corrected chi connectivity index (χ4v) is 2.99.